The van der Waals surface area contributed by atoms with E-state index in [-0.39, 0.29) is 12.2 Å². The Morgan fingerprint density at radius 3 is 2.71 bits per heavy atom. The largest absolute Gasteiger partial charge is 0.481 e. The maximum Gasteiger partial charge on any atom is 0.305 e. The fraction of sp³-hybridized carbons (Fsp3) is 0.214. The summed E-state index contributed by atoms with van der Waals surface area (Å²) >= 11 is 6.06. The molecule has 0 aliphatic carbocycles. The van der Waals surface area contributed by atoms with Crippen LogP contribution in [0.4, 0.5) is 0 Å². The number of aryl methyl sites for hydroxylation is 1. The first kappa shape index (κ1) is 15.1. The normalized spacial score (nSPS) is 11.9. The Labute approximate surface area is 125 Å². The molecule has 110 valence electrons. The minimum absolute atomic E-state index is 0.0231. The van der Waals surface area contributed by atoms with Crippen LogP contribution in [-0.4, -0.2) is 22.1 Å². The quantitative estimate of drug-likeness (QED) is 0.885. The molecular formula is C14H13ClN2O4. The molecule has 1 heterocycles. The van der Waals surface area contributed by atoms with Crippen molar-refractivity contribution >= 4 is 23.5 Å². The summed E-state index contributed by atoms with van der Waals surface area (Å²) in [6.07, 6.45) is -0.289. The second kappa shape index (κ2) is 6.41. The standard InChI is InChI=1S/C14H13ClN2O4/c1-8-6-12(21-17-8)14(20)16-11(7-13(18)19)9-4-2-3-5-10(9)15/h2-6,11H,7H2,1H3,(H,16,20)(H,18,19)/t11-/m0/s1. The molecule has 0 saturated heterocycles. The molecule has 0 unspecified atom stereocenters. The van der Waals surface area contributed by atoms with Crippen LogP contribution < -0.4 is 5.32 Å². The van der Waals surface area contributed by atoms with Gasteiger partial charge in [0.15, 0.2) is 0 Å². The van der Waals surface area contributed by atoms with Gasteiger partial charge >= 0.3 is 5.97 Å². The van der Waals surface area contributed by atoms with Crippen molar-refractivity contribution in [1.82, 2.24) is 10.5 Å². The van der Waals surface area contributed by atoms with Crippen molar-refractivity contribution in [2.75, 3.05) is 0 Å². The number of carbonyl (C=O) groups excluding carboxylic acids is 1. The van der Waals surface area contributed by atoms with E-state index in [2.05, 4.69) is 10.5 Å². The van der Waals surface area contributed by atoms with Gasteiger partial charge in [0.25, 0.3) is 5.91 Å². The number of aliphatic carboxylic acids is 1. The van der Waals surface area contributed by atoms with Gasteiger partial charge in [-0.2, -0.15) is 0 Å². The molecule has 0 saturated carbocycles. The minimum atomic E-state index is -1.05. The van der Waals surface area contributed by atoms with Gasteiger partial charge in [0.2, 0.25) is 5.76 Å². The van der Waals surface area contributed by atoms with Crippen molar-refractivity contribution in [1.29, 1.82) is 0 Å². The van der Waals surface area contributed by atoms with Gasteiger partial charge in [-0.3, -0.25) is 9.59 Å². The zero-order chi connectivity index (χ0) is 15.4. The lowest BCUT2D eigenvalue weighted by Gasteiger charge is -2.17. The van der Waals surface area contributed by atoms with E-state index in [1.54, 1.807) is 31.2 Å². The van der Waals surface area contributed by atoms with Crippen LogP contribution in [0.3, 0.4) is 0 Å². The Balaban J connectivity index is 2.23. The number of rotatable bonds is 5. The highest BCUT2D eigenvalue weighted by Gasteiger charge is 2.22. The van der Waals surface area contributed by atoms with Crippen LogP contribution in [0.15, 0.2) is 34.9 Å². The molecule has 1 aromatic carbocycles. The lowest BCUT2D eigenvalue weighted by Crippen LogP contribution is -2.30. The Kier molecular flexibility index (Phi) is 4.59. The third-order valence-electron chi connectivity index (χ3n) is 2.82. The average molecular weight is 309 g/mol. The number of amides is 1. The number of halogens is 1. The Bertz CT molecular complexity index is 668. The maximum absolute atomic E-state index is 12.1. The molecule has 0 aliphatic heterocycles. The summed E-state index contributed by atoms with van der Waals surface area (Å²) in [7, 11) is 0. The van der Waals surface area contributed by atoms with E-state index in [9.17, 15) is 9.59 Å². The van der Waals surface area contributed by atoms with E-state index in [1.807, 2.05) is 0 Å². The highest BCUT2D eigenvalue weighted by Crippen LogP contribution is 2.25. The number of hydrogen-bond donors (Lipinski definition) is 2. The third-order valence-corrected chi connectivity index (χ3v) is 3.16. The van der Waals surface area contributed by atoms with Crippen molar-refractivity contribution in [3.05, 3.63) is 52.4 Å². The van der Waals surface area contributed by atoms with Crippen LogP contribution in [0.25, 0.3) is 0 Å². The van der Waals surface area contributed by atoms with Gasteiger partial charge in [0.1, 0.15) is 0 Å². The van der Waals surface area contributed by atoms with Gasteiger partial charge in [-0.25, -0.2) is 0 Å². The Morgan fingerprint density at radius 1 is 1.43 bits per heavy atom. The number of hydrogen-bond acceptors (Lipinski definition) is 4. The molecule has 0 radical (unpaired) electrons. The van der Waals surface area contributed by atoms with Gasteiger partial charge in [-0.1, -0.05) is 35.0 Å². The average Bonchev–Trinajstić information content (AvgIpc) is 2.85. The van der Waals surface area contributed by atoms with Gasteiger partial charge in [-0.05, 0) is 18.6 Å². The van der Waals surface area contributed by atoms with Crippen LogP contribution in [0.1, 0.15) is 34.3 Å². The van der Waals surface area contributed by atoms with E-state index in [0.29, 0.717) is 16.3 Å². The zero-order valence-corrected chi connectivity index (χ0v) is 11.9. The molecule has 6 nitrogen and oxygen atoms in total. The summed E-state index contributed by atoms with van der Waals surface area (Å²) < 4.78 is 4.86. The van der Waals surface area contributed by atoms with E-state index < -0.39 is 17.9 Å². The predicted molar refractivity (Wildman–Crippen MR) is 75.2 cm³/mol. The fourth-order valence-electron chi connectivity index (χ4n) is 1.87. The lowest BCUT2D eigenvalue weighted by molar-refractivity contribution is -0.137. The number of carboxylic acid groups (broad SMARTS) is 1. The number of carboxylic acids is 1. The first-order valence-electron chi connectivity index (χ1n) is 6.17. The second-order valence-electron chi connectivity index (χ2n) is 4.48. The molecule has 0 spiro atoms. The number of aromatic nitrogens is 1. The van der Waals surface area contributed by atoms with Gasteiger partial charge < -0.3 is 14.9 Å². The summed E-state index contributed by atoms with van der Waals surface area (Å²) in [6, 6.07) is 7.47. The topological polar surface area (TPSA) is 92.4 Å². The zero-order valence-electron chi connectivity index (χ0n) is 11.2. The van der Waals surface area contributed by atoms with Crippen molar-refractivity contribution in [2.24, 2.45) is 0 Å². The molecule has 2 rings (SSSR count). The van der Waals surface area contributed by atoms with Crippen LogP contribution in [0.5, 0.6) is 0 Å². The number of nitrogens with one attached hydrogen (secondary N) is 1. The third kappa shape index (κ3) is 3.82. The van der Waals surface area contributed by atoms with E-state index in [4.69, 9.17) is 21.2 Å². The summed E-state index contributed by atoms with van der Waals surface area (Å²) in [5.41, 5.74) is 1.10. The molecule has 1 atom stereocenters. The first-order valence-corrected chi connectivity index (χ1v) is 6.55. The molecule has 0 bridgehead atoms. The molecule has 1 amide bonds. The minimum Gasteiger partial charge on any atom is -0.481 e. The van der Waals surface area contributed by atoms with Crippen molar-refractivity contribution < 1.29 is 19.2 Å². The molecule has 0 aliphatic rings. The second-order valence-corrected chi connectivity index (χ2v) is 4.89. The summed E-state index contributed by atoms with van der Waals surface area (Å²) in [5.74, 6) is -1.56. The van der Waals surface area contributed by atoms with Crippen molar-refractivity contribution in [3.63, 3.8) is 0 Å². The number of nitrogens with zero attached hydrogens (tertiary/aromatic N) is 1. The Hall–Kier alpha value is -2.34. The number of carbonyl (C=O) groups is 2. The van der Waals surface area contributed by atoms with Crippen LogP contribution in [0, 0.1) is 6.92 Å². The molecule has 2 aromatic rings. The summed E-state index contributed by atoms with van der Waals surface area (Å²) in [4.78, 5) is 23.0. The molecule has 21 heavy (non-hydrogen) atoms. The lowest BCUT2D eigenvalue weighted by atomic mass is 10.0. The summed E-state index contributed by atoms with van der Waals surface area (Å²) in [6.45, 7) is 1.68. The molecular weight excluding hydrogens is 296 g/mol. The molecule has 2 N–H and O–H groups in total. The smallest absolute Gasteiger partial charge is 0.305 e. The first-order chi connectivity index (χ1) is 9.97. The monoisotopic (exact) mass is 308 g/mol. The fourth-order valence-corrected chi connectivity index (χ4v) is 2.14. The van der Waals surface area contributed by atoms with Gasteiger partial charge in [-0.15, -0.1) is 0 Å². The van der Waals surface area contributed by atoms with Crippen LogP contribution >= 0.6 is 11.6 Å². The molecule has 1 aromatic heterocycles. The summed E-state index contributed by atoms with van der Waals surface area (Å²) in [5, 5.41) is 15.6. The SMILES string of the molecule is Cc1cc(C(=O)N[C@@H](CC(=O)O)c2ccccc2Cl)on1. The highest BCUT2D eigenvalue weighted by atomic mass is 35.5. The number of benzene rings is 1. The van der Waals surface area contributed by atoms with Crippen molar-refractivity contribution in [3.8, 4) is 0 Å². The van der Waals surface area contributed by atoms with Gasteiger partial charge in [0.05, 0.1) is 18.2 Å². The van der Waals surface area contributed by atoms with Crippen molar-refractivity contribution in [2.45, 2.75) is 19.4 Å². The molecule has 7 heteroatoms. The van der Waals surface area contributed by atoms with Crippen LogP contribution in [-0.2, 0) is 4.79 Å². The van der Waals surface area contributed by atoms with Crippen LogP contribution in [0.2, 0.25) is 5.02 Å². The highest BCUT2D eigenvalue weighted by molar-refractivity contribution is 6.31. The predicted octanol–water partition coefficient (Wildman–Crippen LogP) is 2.58. The molecule has 0 fully saturated rings. The maximum atomic E-state index is 12.1. The van der Waals surface area contributed by atoms with E-state index in [0.717, 1.165) is 0 Å². The van der Waals surface area contributed by atoms with E-state index >= 15 is 0 Å². The van der Waals surface area contributed by atoms with E-state index in [1.165, 1.54) is 6.07 Å². The Morgan fingerprint density at radius 2 is 2.14 bits per heavy atom. The van der Waals surface area contributed by atoms with Gasteiger partial charge in [0, 0.05) is 11.1 Å².